The molecule has 0 aromatic carbocycles. The molecule has 5 nitrogen and oxygen atoms in total. The van der Waals surface area contributed by atoms with Gasteiger partial charge in [0.05, 0.1) is 17.8 Å². The van der Waals surface area contributed by atoms with Crippen LogP contribution < -0.4 is 5.32 Å². The van der Waals surface area contributed by atoms with Gasteiger partial charge in [0.15, 0.2) is 0 Å². The average Bonchev–Trinajstić information content (AvgIpc) is 2.92. The van der Waals surface area contributed by atoms with Crippen LogP contribution in [-0.4, -0.2) is 35.1 Å². The van der Waals surface area contributed by atoms with E-state index in [1.54, 1.807) is 0 Å². The second kappa shape index (κ2) is 6.50. The molecule has 1 aliphatic heterocycles. The maximum Gasteiger partial charge on any atom is 0.271 e. The SMILES string of the molecule is CC(C)c1ncc(Cl)c(C(=O)NC(C)C2CCOC2)n1. The molecule has 1 aromatic rings. The summed E-state index contributed by atoms with van der Waals surface area (Å²) in [6, 6.07) is 0.0403. The molecule has 0 radical (unpaired) electrons. The zero-order chi connectivity index (χ0) is 14.7. The largest absolute Gasteiger partial charge is 0.381 e. The highest BCUT2D eigenvalue weighted by atomic mass is 35.5. The van der Waals surface area contributed by atoms with E-state index in [-0.39, 0.29) is 28.6 Å². The van der Waals surface area contributed by atoms with Crippen molar-refractivity contribution in [2.75, 3.05) is 13.2 Å². The number of ether oxygens (including phenoxy) is 1. The number of amides is 1. The van der Waals surface area contributed by atoms with E-state index in [9.17, 15) is 4.79 Å². The lowest BCUT2D eigenvalue weighted by molar-refractivity contribution is 0.0916. The third-order valence-corrected chi connectivity index (χ3v) is 3.80. The molecule has 1 amide bonds. The predicted octanol–water partition coefficient (Wildman–Crippen LogP) is 2.41. The molecule has 0 spiro atoms. The lowest BCUT2D eigenvalue weighted by Gasteiger charge is -2.19. The Kier molecular flexibility index (Phi) is 4.94. The molecule has 110 valence electrons. The topological polar surface area (TPSA) is 64.1 Å². The van der Waals surface area contributed by atoms with Crippen molar-refractivity contribution in [1.82, 2.24) is 15.3 Å². The van der Waals surface area contributed by atoms with E-state index < -0.39 is 0 Å². The minimum atomic E-state index is -0.251. The van der Waals surface area contributed by atoms with Gasteiger partial charge in [0.25, 0.3) is 5.91 Å². The Morgan fingerprint density at radius 3 is 2.85 bits per heavy atom. The molecule has 0 saturated carbocycles. The van der Waals surface area contributed by atoms with Crippen LogP contribution >= 0.6 is 11.6 Å². The van der Waals surface area contributed by atoms with Crippen molar-refractivity contribution in [3.63, 3.8) is 0 Å². The summed E-state index contributed by atoms with van der Waals surface area (Å²) < 4.78 is 5.34. The summed E-state index contributed by atoms with van der Waals surface area (Å²) in [6.07, 6.45) is 2.46. The first-order valence-electron chi connectivity index (χ1n) is 6.90. The number of nitrogens with zero attached hydrogens (tertiary/aromatic N) is 2. The average molecular weight is 298 g/mol. The first-order valence-corrected chi connectivity index (χ1v) is 7.28. The molecule has 2 rings (SSSR count). The first kappa shape index (κ1) is 15.2. The van der Waals surface area contributed by atoms with Crippen LogP contribution in [0.2, 0.25) is 5.02 Å². The summed E-state index contributed by atoms with van der Waals surface area (Å²) in [6.45, 7) is 7.38. The standard InChI is InChI=1S/C14H20ClN3O2/c1-8(2)13-16-6-11(15)12(18-13)14(19)17-9(3)10-4-5-20-7-10/h6,8-10H,4-5,7H2,1-3H3,(H,17,19). The van der Waals surface area contributed by atoms with Crippen molar-refractivity contribution in [3.05, 3.63) is 22.7 Å². The van der Waals surface area contributed by atoms with Gasteiger partial charge >= 0.3 is 0 Å². The van der Waals surface area contributed by atoms with Crippen molar-refractivity contribution >= 4 is 17.5 Å². The van der Waals surface area contributed by atoms with Gasteiger partial charge in [-0.05, 0) is 13.3 Å². The normalized spacial score (nSPS) is 20.1. The minimum Gasteiger partial charge on any atom is -0.381 e. The lowest BCUT2D eigenvalue weighted by atomic mass is 10.0. The smallest absolute Gasteiger partial charge is 0.271 e. The molecule has 1 N–H and O–H groups in total. The van der Waals surface area contributed by atoms with Crippen LogP contribution in [0.3, 0.4) is 0 Å². The second-order valence-corrected chi connectivity index (χ2v) is 5.87. The number of hydrogen-bond acceptors (Lipinski definition) is 4. The fourth-order valence-electron chi connectivity index (χ4n) is 2.16. The Morgan fingerprint density at radius 2 is 2.25 bits per heavy atom. The highest BCUT2D eigenvalue weighted by molar-refractivity contribution is 6.33. The van der Waals surface area contributed by atoms with E-state index in [4.69, 9.17) is 16.3 Å². The highest BCUT2D eigenvalue weighted by Crippen LogP contribution is 2.19. The number of rotatable bonds is 4. The monoisotopic (exact) mass is 297 g/mol. The van der Waals surface area contributed by atoms with E-state index >= 15 is 0 Å². The predicted molar refractivity (Wildman–Crippen MR) is 77.0 cm³/mol. The molecule has 1 saturated heterocycles. The molecule has 1 fully saturated rings. The fourth-order valence-corrected chi connectivity index (χ4v) is 2.34. The van der Waals surface area contributed by atoms with Crippen LogP contribution in [0.1, 0.15) is 49.4 Å². The summed E-state index contributed by atoms with van der Waals surface area (Å²) in [5.74, 6) is 0.874. The van der Waals surface area contributed by atoms with Gasteiger partial charge in [0.2, 0.25) is 0 Å². The molecular weight excluding hydrogens is 278 g/mol. The van der Waals surface area contributed by atoms with E-state index in [1.807, 2.05) is 20.8 Å². The van der Waals surface area contributed by atoms with Gasteiger partial charge < -0.3 is 10.1 Å². The van der Waals surface area contributed by atoms with Crippen LogP contribution in [0.5, 0.6) is 0 Å². The quantitative estimate of drug-likeness (QED) is 0.927. The first-order chi connectivity index (χ1) is 9.49. The number of nitrogens with one attached hydrogen (secondary N) is 1. The molecule has 2 heterocycles. The highest BCUT2D eigenvalue weighted by Gasteiger charge is 2.25. The Morgan fingerprint density at radius 1 is 1.50 bits per heavy atom. The summed E-state index contributed by atoms with van der Waals surface area (Å²) in [5, 5.41) is 3.23. The molecule has 1 aromatic heterocycles. The Bertz CT molecular complexity index is 487. The van der Waals surface area contributed by atoms with Gasteiger partial charge in [-0.3, -0.25) is 4.79 Å². The Labute approximate surface area is 124 Å². The van der Waals surface area contributed by atoms with Gasteiger partial charge in [-0.2, -0.15) is 0 Å². The lowest BCUT2D eigenvalue weighted by Crippen LogP contribution is -2.39. The number of carbonyl (C=O) groups excluding carboxylic acids is 1. The van der Waals surface area contributed by atoms with Crippen molar-refractivity contribution in [3.8, 4) is 0 Å². The third-order valence-electron chi connectivity index (χ3n) is 3.52. The molecule has 6 heteroatoms. The van der Waals surface area contributed by atoms with Gasteiger partial charge in [-0.25, -0.2) is 9.97 Å². The summed E-state index contributed by atoms with van der Waals surface area (Å²) >= 11 is 6.03. The van der Waals surface area contributed by atoms with Crippen molar-refractivity contribution in [2.24, 2.45) is 5.92 Å². The number of hydrogen-bond donors (Lipinski definition) is 1. The maximum atomic E-state index is 12.3. The molecule has 2 unspecified atom stereocenters. The van der Waals surface area contributed by atoms with E-state index in [0.29, 0.717) is 18.3 Å². The minimum absolute atomic E-state index is 0.0403. The molecule has 0 aliphatic carbocycles. The fraction of sp³-hybridized carbons (Fsp3) is 0.643. The van der Waals surface area contributed by atoms with E-state index in [0.717, 1.165) is 13.0 Å². The molecule has 20 heavy (non-hydrogen) atoms. The summed E-state index contributed by atoms with van der Waals surface area (Å²) in [5.41, 5.74) is 0.246. The van der Waals surface area contributed by atoms with E-state index in [1.165, 1.54) is 6.20 Å². The van der Waals surface area contributed by atoms with Crippen LogP contribution in [0.15, 0.2) is 6.20 Å². The zero-order valence-electron chi connectivity index (χ0n) is 12.0. The second-order valence-electron chi connectivity index (χ2n) is 5.47. The van der Waals surface area contributed by atoms with Crippen molar-refractivity contribution < 1.29 is 9.53 Å². The van der Waals surface area contributed by atoms with Gasteiger partial charge in [-0.15, -0.1) is 0 Å². The van der Waals surface area contributed by atoms with Gasteiger partial charge in [-0.1, -0.05) is 25.4 Å². The summed E-state index contributed by atoms with van der Waals surface area (Å²) in [4.78, 5) is 20.7. The van der Waals surface area contributed by atoms with Crippen LogP contribution in [0, 0.1) is 5.92 Å². The molecule has 1 aliphatic rings. The van der Waals surface area contributed by atoms with Crippen LogP contribution in [0.25, 0.3) is 0 Å². The van der Waals surface area contributed by atoms with Gasteiger partial charge in [0.1, 0.15) is 11.5 Å². The van der Waals surface area contributed by atoms with Crippen molar-refractivity contribution in [1.29, 1.82) is 0 Å². The van der Waals surface area contributed by atoms with Crippen molar-refractivity contribution in [2.45, 2.75) is 39.2 Å². The van der Waals surface area contributed by atoms with Crippen LogP contribution in [-0.2, 0) is 4.74 Å². The number of carbonyl (C=O) groups is 1. The zero-order valence-corrected chi connectivity index (χ0v) is 12.8. The van der Waals surface area contributed by atoms with Gasteiger partial charge in [0, 0.05) is 24.5 Å². The third kappa shape index (κ3) is 3.46. The van der Waals surface area contributed by atoms with E-state index in [2.05, 4.69) is 15.3 Å². The maximum absolute atomic E-state index is 12.3. The Hall–Kier alpha value is -1.20. The molecule has 0 bridgehead atoms. The molecular formula is C14H20ClN3O2. The Balaban J connectivity index is 2.09. The number of aromatic nitrogens is 2. The summed E-state index contributed by atoms with van der Waals surface area (Å²) in [7, 11) is 0. The van der Waals surface area contributed by atoms with Crippen LogP contribution in [0.4, 0.5) is 0 Å². The molecule has 2 atom stereocenters. The number of halogens is 1.